The smallest absolute Gasteiger partial charge is 0.258 e. The van der Waals surface area contributed by atoms with E-state index in [2.05, 4.69) is 31.4 Å². The van der Waals surface area contributed by atoms with Gasteiger partial charge in [-0.2, -0.15) is 5.10 Å². The second-order valence-corrected chi connectivity index (χ2v) is 4.03. The van der Waals surface area contributed by atoms with Crippen LogP contribution in [0.15, 0.2) is 35.1 Å². The Morgan fingerprint density at radius 3 is 2.94 bits per heavy atom. The number of hydrogen-bond acceptors (Lipinski definition) is 3. The fourth-order valence-corrected chi connectivity index (χ4v) is 1.45. The van der Waals surface area contributed by atoms with Gasteiger partial charge in [0.15, 0.2) is 0 Å². The van der Waals surface area contributed by atoms with Crippen LogP contribution in [0.1, 0.15) is 10.4 Å². The van der Waals surface area contributed by atoms with Crippen molar-refractivity contribution in [3.63, 3.8) is 0 Å². The van der Waals surface area contributed by atoms with Crippen molar-refractivity contribution in [2.75, 3.05) is 11.1 Å². The van der Waals surface area contributed by atoms with Gasteiger partial charge in [-0.15, -0.1) is 0 Å². The van der Waals surface area contributed by atoms with Crippen LogP contribution in [0.5, 0.6) is 0 Å². The number of halogens is 1. The van der Waals surface area contributed by atoms with E-state index in [1.165, 1.54) is 12.4 Å². The van der Waals surface area contributed by atoms with Crippen molar-refractivity contribution in [1.29, 1.82) is 0 Å². The number of nitrogens with zero attached hydrogens (tertiary/aromatic N) is 1. The standard InChI is InChI=1S/C10H9BrN4O/c11-8-2-1-7(3-9(8)12)15-10(16)6-4-13-14-5-6/h1-5H,12H2,(H,13,14)(H,15,16). The monoisotopic (exact) mass is 280 g/mol. The lowest BCUT2D eigenvalue weighted by molar-refractivity contribution is 0.102. The maximum Gasteiger partial charge on any atom is 0.258 e. The Kier molecular flexibility index (Phi) is 2.91. The predicted octanol–water partition coefficient (Wildman–Crippen LogP) is 2.01. The quantitative estimate of drug-likeness (QED) is 0.736. The van der Waals surface area contributed by atoms with Crippen molar-refractivity contribution in [1.82, 2.24) is 10.2 Å². The molecule has 0 aliphatic heterocycles. The van der Waals surface area contributed by atoms with Crippen molar-refractivity contribution in [2.24, 2.45) is 0 Å². The second kappa shape index (κ2) is 4.36. The van der Waals surface area contributed by atoms with Crippen LogP contribution in [-0.2, 0) is 0 Å². The van der Waals surface area contributed by atoms with Crippen LogP contribution < -0.4 is 11.1 Å². The number of H-pyrrole nitrogens is 1. The number of amides is 1. The molecule has 0 fully saturated rings. The molecule has 82 valence electrons. The molecule has 1 amide bonds. The van der Waals surface area contributed by atoms with Gasteiger partial charge in [0.2, 0.25) is 0 Å². The van der Waals surface area contributed by atoms with Gasteiger partial charge in [-0.1, -0.05) is 0 Å². The molecule has 0 atom stereocenters. The Bertz CT molecular complexity index is 510. The average molecular weight is 281 g/mol. The van der Waals surface area contributed by atoms with E-state index in [0.717, 1.165) is 4.47 Å². The molecule has 0 saturated carbocycles. The lowest BCUT2D eigenvalue weighted by atomic mass is 10.2. The van der Waals surface area contributed by atoms with E-state index >= 15 is 0 Å². The first-order valence-electron chi connectivity index (χ1n) is 4.52. The summed E-state index contributed by atoms with van der Waals surface area (Å²) in [5, 5.41) is 8.99. The maximum absolute atomic E-state index is 11.6. The van der Waals surface area contributed by atoms with Crippen molar-refractivity contribution >= 4 is 33.2 Å². The minimum absolute atomic E-state index is 0.226. The van der Waals surface area contributed by atoms with Crippen molar-refractivity contribution in [3.8, 4) is 0 Å². The molecule has 0 spiro atoms. The molecule has 6 heteroatoms. The first-order valence-corrected chi connectivity index (χ1v) is 5.31. The molecule has 0 aliphatic carbocycles. The summed E-state index contributed by atoms with van der Waals surface area (Å²) in [7, 11) is 0. The molecule has 0 unspecified atom stereocenters. The summed E-state index contributed by atoms with van der Waals surface area (Å²) in [6, 6.07) is 5.22. The molecule has 2 aromatic rings. The van der Waals surface area contributed by atoms with Crippen molar-refractivity contribution in [3.05, 3.63) is 40.6 Å². The zero-order valence-corrected chi connectivity index (χ0v) is 9.78. The van der Waals surface area contributed by atoms with E-state index in [9.17, 15) is 4.79 Å². The van der Waals surface area contributed by atoms with Gasteiger partial charge in [0, 0.05) is 22.0 Å². The van der Waals surface area contributed by atoms with E-state index in [1.54, 1.807) is 18.2 Å². The van der Waals surface area contributed by atoms with E-state index < -0.39 is 0 Å². The van der Waals surface area contributed by atoms with Crippen LogP contribution >= 0.6 is 15.9 Å². The molecule has 0 radical (unpaired) electrons. The Morgan fingerprint density at radius 2 is 2.31 bits per heavy atom. The minimum atomic E-state index is -0.226. The summed E-state index contributed by atoms with van der Waals surface area (Å²) in [4.78, 5) is 11.6. The lowest BCUT2D eigenvalue weighted by Crippen LogP contribution is -2.11. The summed E-state index contributed by atoms with van der Waals surface area (Å²) in [6.45, 7) is 0. The third-order valence-electron chi connectivity index (χ3n) is 2.01. The number of aromatic nitrogens is 2. The van der Waals surface area contributed by atoms with Crippen LogP contribution in [0, 0.1) is 0 Å². The average Bonchev–Trinajstić information content (AvgIpc) is 2.77. The number of aromatic amines is 1. The third-order valence-corrected chi connectivity index (χ3v) is 2.74. The normalized spacial score (nSPS) is 10.1. The minimum Gasteiger partial charge on any atom is -0.398 e. The molecule has 5 nitrogen and oxygen atoms in total. The molecule has 1 aromatic carbocycles. The Morgan fingerprint density at radius 1 is 1.50 bits per heavy atom. The van der Waals surface area contributed by atoms with Gasteiger partial charge in [0.05, 0.1) is 11.8 Å². The van der Waals surface area contributed by atoms with Gasteiger partial charge in [-0.05, 0) is 34.1 Å². The van der Waals surface area contributed by atoms with Gasteiger partial charge >= 0.3 is 0 Å². The highest BCUT2D eigenvalue weighted by atomic mass is 79.9. The molecule has 1 aromatic heterocycles. The number of nitrogens with two attached hydrogens (primary N) is 1. The first-order chi connectivity index (χ1) is 7.66. The fraction of sp³-hybridized carbons (Fsp3) is 0. The molecule has 0 saturated heterocycles. The van der Waals surface area contributed by atoms with E-state index in [4.69, 9.17) is 5.73 Å². The van der Waals surface area contributed by atoms with Gasteiger partial charge in [-0.3, -0.25) is 9.89 Å². The van der Waals surface area contributed by atoms with E-state index in [0.29, 0.717) is 16.9 Å². The van der Waals surface area contributed by atoms with Gasteiger partial charge in [0.1, 0.15) is 0 Å². The number of benzene rings is 1. The van der Waals surface area contributed by atoms with Crippen LogP contribution in [0.4, 0.5) is 11.4 Å². The third kappa shape index (κ3) is 2.22. The van der Waals surface area contributed by atoms with Crippen LogP contribution in [0.25, 0.3) is 0 Å². The number of carbonyl (C=O) groups excluding carboxylic acids is 1. The zero-order chi connectivity index (χ0) is 11.5. The highest BCUT2D eigenvalue weighted by Crippen LogP contribution is 2.23. The largest absolute Gasteiger partial charge is 0.398 e. The zero-order valence-electron chi connectivity index (χ0n) is 8.20. The first kappa shape index (κ1) is 10.7. The number of nitrogens with one attached hydrogen (secondary N) is 2. The number of carbonyl (C=O) groups is 1. The van der Waals surface area contributed by atoms with E-state index in [1.807, 2.05) is 0 Å². The highest BCUT2D eigenvalue weighted by Gasteiger charge is 2.07. The topological polar surface area (TPSA) is 83.8 Å². The summed E-state index contributed by atoms with van der Waals surface area (Å²) < 4.78 is 0.800. The molecular weight excluding hydrogens is 272 g/mol. The SMILES string of the molecule is Nc1cc(NC(=O)c2cn[nH]c2)ccc1Br. The molecule has 0 aliphatic rings. The van der Waals surface area contributed by atoms with Gasteiger partial charge in [0.25, 0.3) is 5.91 Å². The molecule has 16 heavy (non-hydrogen) atoms. The molecule has 4 N–H and O–H groups in total. The van der Waals surface area contributed by atoms with Gasteiger partial charge < -0.3 is 11.1 Å². The summed E-state index contributed by atoms with van der Waals surface area (Å²) in [6.07, 6.45) is 2.98. The Hall–Kier alpha value is -1.82. The number of rotatable bonds is 2. The van der Waals surface area contributed by atoms with Crippen LogP contribution in [0.3, 0.4) is 0 Å². The molecular formula is C10H9BrN4O. The second-order valence-electron chi connectivity index (χ2n) is 3.18. The number of hydrogen-bond donors (Lipinski definition) is 3. The Balaban J connectivity index is 2.15. The summed E-state index contributed by atoms with van der Waals surface area (Å²) in [5.74, 6) is -0.226. The maximum atomic E-state index is 11.6. The molecule has 1 heterocycles. The molecule has 0 bridgehead atoms. The van der Waals surface area contributed by atoms with E-state index in [-0.39, 0.29) is 5.91 Å². The summed E-state index contributed by atoms with van der Waals surface area (Å²) >= 11 is 3.28. The highest BCUT2D eigenvalue weighted by molar-refractivity contribution is 9.10. The summed E-state index contributed by atoms with van der Waals surface area (Å²) in [5.41, 5.74) is 7.39. The number of anilines is 2. The van der Waals surface area contributed by atoms with Crippen LogP contribution in [-0.4, -0.2) is 16.1 Å². The predicted molar refractivity (Wildman–Crippen MR) is 65.1 cm³/mol. The van der Waals surface area contributed by atoms with Gasteiger partial charge in [-0.25, -0.2) is 0 Å². The number of nitrogen functional groups attached to an aromatic ring is 1. The Labute approximate surface area is 100 Å². The molecule has 2 rings (SSSR count). The van der Waals surface area contributed by atoms with Crippen molar-refractivity contribution < 1.29 is 4.79 Å². The fourth-order valence-electron chi connectivity index (χ4n) is 1.20. The lowest BCUT2D eigenvalue weighted by Gasteiger charge is -2.05. The van der Waals surface area contributed by atoms with Crippen LogP contribution in [0.2, 0.25) is 0 Å². The van der Waals surface area contributed by atoms with Crippen molar-refractivity contribution in [2.45, 2.75) is 0 Å².